The number of anilines is 1. The third-order valence-corrected chi connectivity index (χ3v) is 4.83. The molecule has 1 aromatic heterocycles. The first-order valence-electron chi connectivity index (χ1n) is 8.40. The smallest absolute Gasteiger partial charge is 0.322 e. The first-order chi connectivity index (χ1) is 11.9. The first-order valence-corrected chi connectivity index (χ1v) is 9.28. The molecule has 1 aromatic carbocycles. The molecule has 0 spiro atoms. The van der Waals surface area contributed by atoms with E-state index in [9.17, 15) is 9.18 Å². The molecule has 0 radical (unpaired) electrons. The van der Waals surface area contributed by atoms with Crippen LogP contribution in [0, 0.1) is 12.7 Å². The van der Waals surface area contributed by atoms with Crippen LogP contribution in [0.4, 0.5) is 14.9 Å². The second-order valence-electron chi connectivity index (χ2n) is 6.38. The van der Waals surface area contributed by atoms with E-state index in [-0.39, 0.29) is 18.2 Å². The van der Waals surface area contributed by atoms with Crippen molar-refractivity contribution in [2.45, 2.75) is 45.8 Å². The third kappa shape index (κ3) is 4.10. The van der Waals surface area contributed by atoms with E-state index in [2.05, 4.69) is 10.3 Å². The topological polar surface area (TPSA) is 54.5 Å². The Morgan fingerprint density at radius 1 is 1.48 bits per heavy atom. The highest BCUT2D eigenvalue weighted by Gasteiger charge is 2.32. The van der Waals surface area contributed by atoms with Crippen molar-refractivity contribution < 1.29 is 13.9 Å². The van der Waals surface area contributed by atoms with Gasteiger partial charge in [0.05, 0.1) is 28.5 Å². The van der Waals surface area contributed by atoms with Crippen LogP contribution in [0.2, 0.25) is 0 Å². The molecule has 1 aliphatic rings. The fourth-order valence-electron chi connectivity index (χ4n) is 2.99. The average Bonchev–Trinajstić information content (AvgIpc) is 3.18. The van der Waals surface area contributed by atoms with Crippen molar-refractivity contribution in [3.05, 3.63) is 40.1 Å². The van der Waals surface area contributed by atoms with Gasteiger partial charge in [-0.3, -0.25) is 0 Å². The van der Waals surface area contributed by atoms with Crippen LogP contribution in [0.5, 0.6) is 5.75 Å². The highest BCUT2D eigenvalue weighted by molar-refractivity contribution is 7.09. The number of likely N-dealkylation sites (tertiary alicyclic amines) is 1. The number of nitrogens with zero attached hydrogens (tertiary/aromatic N) is 2. The fraction of sp³-hybridized carbons (Fsp3) is 0.444. The molecule has 2 amide bonds. The molecular weight excluding hydrogens is 341 g/mol. The maximum Gasteiger partial charge on any atom is 0.322 e. The van der Waals surface area contributed by atoms with Gasteiger partial charge < -0.3 is 15.0 Å². The Hall–Kier alpha value is -2.15. The summed E-state index contributed by atoms with van der Waals surface area (Å²) in [5, 5.41) is 5.79. The zero-order valence-corrected chi connectivity index (χ0v) is 15.4. The molecule has 134 valence electrons. The van der Waals surface area contributed by atoms with Gasteiger partial charge in [-0.2, -0.15) is 0 Å². The van der Waals surface area contributed by atoms with E-state index >= 15 is 0 Å². The predicted octanol–water partition coefficient (Wildman–Crippen LogP) is 4.75. The van der Waals surface area contributed by atoms with Crippen molar-refractivity contribution in [1.29, 1.82) is 0 Å². The van der Waals surface area contributed by atoms with E-state index < -0.39 is 5.82 Å². The van der Waals surface area contributed by atoms with Gasteiger partial charge in [-0.25, -0.2) is 14.2 Å². The van der Waals surface area contributed by atoms with Crippen LogP contribution in [0.25, 0.3) is 0 Å². The lowest BCUT2D eigenvalue weighted by Gasteiger charge is -2.24. The molecule has 25 heavy (non-hydrogen) atoms. The number of aryl methyl sites for hydroxylation is 1. The number of carbonyl (C=O) groups excluding carboxylic acids is 1. The second kappa shape index (κ2) is 7.39. The summed E-state index contributed by atoms with van der Waals surface area (Å²) in [6.45, 7) is 6.38. The number of urea groups is 1. The number of ether oxygens (including phenoxy) is 1. The molecule has 1 N–H and O–H groups in total. The van der Waals surface area contributed by atoms with Crippen molar-refractivity contribution in [3.8, 4) is 5.75 Å². The molecule has 7 heteroatoms. The van der Waals surface area contributed by atoms with Crippen LogP contribution >= 0.6 is 11.3 Å². The van der Waals surface area contributed by atoms with E-state index in [0.29, 0.717) is 18.0 Å². The van der Waals surface area contributed by atoms with Gasteiger partial charge in [-0.05, 0) is 45.7 Å². The number of nitrogens with one attached hydrogen (secondary N) is 1. The normalized spacial score (nSPS) is 17.2. The summed E-state index contributed by atoms with van der Waals surface area (Å²) in [7, 11) is 0. The molecule has 5 nitrogen and oxygen atoms in total. The Morgan fingerprint density at radius 3 is 2.96 bits per heavy atom. The van der Waals surface area contributed by atoms with Gasteiger partial charge in [-0.1, -0.05) is 0 Å². The molecule has 0 bridgehead atoms. The van der Waals surface area contributed by atoms with E-state index in [1.54, 1.807) is 16.2 Å². The van der Waals surface area contributed by atoms with Crippen LogP contribution in [-0.2, 0) is 0 Å². The van der Waals surface area contributed by atoms with Crippen molar-refractivity contribution in [1.82, 2.24) is 9.88 Å². The largest absolute Gasteiger partial charge is 0.489 e. The molecule has 3 rings (SSSR count). The van der Waals surface area contributed by atoms with Crippen LogP contribution in [-0.4, -0.2) is 28.6 Å². The van der Waals surface area contributed by atoms with Gasteiger partial charge in [0.15, 0.2) is 0 Å². The van der Waals surface area contributed by atoms with Crippen LogP contribution in [0.3, 0.4) is 0 Å². The van der Waals surface area contributed by atoms with Crippen molar-refractivity contribution in [3.63, 3.8) is 0 Å². The maximum absolute atomic E-state index is 13.6. The van der Waals surface area contributed by atoms with Crippen molar-refractivity contribution in [2.75, 3.05) is 11.9 Å². The van der Waals surface area contributed by atoms with E-state index in [0.717, 1.165) is 23.5 Å². The quantitative estimate of drug-likeness (QED) is 0.853. The van der Waals surface area contributed by atoms with Gasteiger partial charge in [0, 0.05) is 18.0 Å². The summed E-state index contributed by atoms with van der Waals surface area (Å²) in [4.78, 5) is 19.0. The van der Waals surface area contributed by atoms with Gasteiger partial charge in [0.1, 0.15) is 11.6 Å². The number of rotatable bonds is 4. The van der Waals surface area contributed by atoms with Crippen LogP contribution in [0.15, 0.2) is 23.6 Å². The Labute approximate surface area is 150 Å². The number of amides is 2. The Balaban J connectivity index is 1.78. The summed E-state index contributed by atoms with van der Waals surface area (Å²) in [5.74, 6) is 0.0458. The summed E-state index contributed by atoms with van der Waals surface area (Å²) < 4.78 is 19.3. The lowest BCUT2D eigenvalue weighted by atomic mass is 10.2. The highest BCUT2D eigenvalue weighted by atomic mass is 32.1. The van der Waals surface area contributed by atoms with Gasteiger partial charge in [0.2, 0.25) is 0 Å². The molecule has 1 unspecified atom stereocenters. The van der Waals surface area contributed by atoms with Crippen LogP contribution < -0.4 is 10.1 Å². The number of benzene rings is 1. The zero-order chi connectivity index (χ0) is 18.0. The lowest BCUT2D eigenvalue weighted by Crippen LogP contribution is -2.34. The minimum Gasteiger partial charge on any atom is -0.489 e. The summed E-state index contributed by atoms with van der Waals surface area (Å²) in [5.41, 5.74) is 1.27. The van der Waals surface area contributed by atoms with Gasteiger partial charge in [-0.15, -0.1) is 11.3 Å². The molecule has 1 fully saturated rings. The minimum absolute atomic E-state index is 0.0343. The van der Waals surface area contributed by atoms with E-state index in [4.69, 9.17) is 4.74 Å². The van der Waals surface area contributed by atoms with Crippen molar-refractivity contribution >= 4 is 23.1 Å². The molecule has 0 saturated carbocycles. The highest BCUT2D eigenvalue weighted by Crippen LogP contribution is 2.34. The summed E-state index contributed by atoms with van der Waals surface area (Å²) >= 11 is 1.58. The maximum atomic E-state index is 13.6. The molecule has 1 atom stereocenters. The molecule has 1 saturated heterocycles. The number of halogens is 1. The summed E-state index contributed by atoms with van der Waals surface area (Å²) in [6.07, 6.45) is 1.74. The number of carbonyl (C=O) groups is 1. The Morgan fingerprint density at radius 2 is 2.28 bits per heavy atom. The zero-order valence-electron chi connectivity index (χ0n) is 14.6. The monoisotopic (exact) mass is 363 g/mol. The predicted molar refractivity (Wildman–Crippen MR) is 96.7 cm³/mol. The number of thiazole rings is 1. The molecule has 2 heterocycles. The van der Waals surface area contributed by atoms with E-state index in [1.165, 1.54) is 18.2 Å². The number of hydrogen-bond donors (Lipinski definition) is 1. The Kier molecular flexibility index (Phi) is 5.22. The lowest BCUT2D eigenvalue weighted by molar-refractivity contribution is 0.205. The SMILES string of the molecule is Cc1nc(C2CCCN2C(=O)Nc2cc(F)ccc2OC(C)C)cs1. The fourth-order valence-corrected chi connectivity index (χ4v) is 3.65. The Bertz CT molecular complexity index is 763. The van der Waals surface area contributed by atoms with E-state index in [1.807, 2.05) is 26.2 Å². The summed E-state index contributed by atoms with van der Waals surface area (Å²) in [6, 6.07) is 3.86. The number of aromatic nitrogens is 1. The first kappa shape index (κ1) is 17.7. The van der Waals surface area contributed by atoms with Crippen LogP contribution in [0.1, 0.15) is 43.4 Å². The van der Waals surface area contributed by atoms with Gasteiger partial charge >= 0.3 is 6.03 Å². The van der Waals surface area contributed by atoms with Gasteiger partial charge in [0.25, 0.3) is 0 Å². The average molecular weight is 363 g/mol. The molecule has 0 aliphatic carbocycles. The second-order valence-corrected chi connectivity index (χ2v) is 7.44. The standard InChI is InChI=1S/C18H22FN3O2S/c1-11(2)24-17-7-6-13(19)9-14(17)21-18(23)22-8-4-5-16(22)15-10-25-12(3)20-15/h6-7,9-11,16H,4-5,8H2,1-3H3,(H,21,23). The third-order valence-electron chi connectivity index (χ3n) is 4.04. The molecular formula is C18H22FN3O2S. The molecule has 2 aromatic rings. The van der Waals surface area contributed by atoms with Crippen molar-refractivity contribution in [2.24, 2.45) is 0 Å². The minimum atomic E-state index is -0.417. The molecule has 1 aliphatic heterocycles. The number of hydrogen-bond acceptors (Lipinski definition) is 4.